The first-order valence-corrected chi connectivity index (χ1v) is 20.8. The molecule has 0 aliphatic carbocycles. The molecule has 1 heterocycles. The van der Waals surface area contributed by atoms with Gasteiger partial charge in [0.25, 0.3) is 0 Å². The zero-order valence-corrected chi connectivity index (χ0v) is 34.4. The van der Waals surface area contributed by atoms with Crippen LogP contribution in [0.25, 0.3) is 11.1 Å². The molecule has 0 radical (unpaired) electrons. The number of amides is 4. The van der Waals surface area contributed by atoms with Crippen LogP contribution in [0.15, 0.2) is 36.4 Å². The fraction of sp³-hybridized carbons (Fsp3) is 0.605. The number of carbonyl (C=O) groups excluding carboxylic acids is 4. The van der Waals surface area contributed by atoms with Crippen molar-refractivity contribution in [1.29, 1.82) is 0 Å². The van der Waals surface area contributed by atoms with E-state index in [0.29, 0.717) is 40.2 Å². The third kappa shape index (κ3) is 14.6. The first kappa shape index (κ1) is 46.7. The van der Waals surface area contributed by atoms with Crippen LogP contribution in [0.5, 0.6) is 11.5 Å². The van der Waals surface area contributed by atoms with E-state index in [1.807, 2.05) is 0 Å². The SMILES string of the molecule is CCCCCCCCCCCCCC(=O)N[C@@H](CC)C(=O)N(C)[C@@H]1C(=O)N[C@@H](C)C(=O)N[C@H](C(=O)O)Cc2ccc(OCCN)c(c2)-c2cc1ccc2OCCN. The molecular weight excluding hydrogens is 729 g/mol. The molecule has 0 spiro atoms. The molecule has 57 heavy (non-hydrogen) atoms. The summed E-state index contributed by atoms with van der Waals surface area (Å²) in [6, 6.07) is 5.55. The summed E-state index contributed by atoms with van der Waals surface area (Å²) in [6.07, 6.45) is 13.3. The van der Waals surface area contributed by atoms with Crippen molar-refractivity contribution >= 4 is 29.6 Å². The maximum Gasteiger partial charge on any atom is 0.326 e. The number of carbonyl (C=O) groups is 5. The summed E-state index contributed by atoms with van der Waals surface area (Å²) in [6.45, 7) is 6.26. The molecule has 2 aromatic carbocycles. The van der Waals surface area contributed by atoms with Crippen LogP contribution in [-0.4, -0.2) is 91.1 Å². The summed E-state index contributed by atoms with van der Waals surface area (Å²) in [4.78, 5) is 68.4. The van der Waals surface area contributed by atoms with Gasteiger partial charge < -0.3 is 46.9 Å². The minimum Gasteiger partial charge on any atom is -0.492 e. The topological polar surface area (TPSA) is 215 Å². The van der Waals surface area contributed by atoms with Gasteiger partial charge in [-0.3, -0.25) is 19.2 Å². The van der Waals surface area contributed by atoms with Gasteiger partial charge in [-0.05, 0) is 55.2 Å². The monoisotopic (exact) mass is 794 g/mol. The third-order valence-electron chi connectivity index (χ3n) is 10.2. The highest BCUT2D eigenvalue weighted by Crippen LogP contribution is 2.40. The molecule has 4 bridgehead atoms. The fourth-order valence-electron chi connectivity index (χ4n) is 7.00. The average molecular weight is 795 g/mol. The Labute approximate surface area is 338 Å². The Morgan fingerprint density at radius 1 is 0.825 bits per heavy atom. The Bertz CT molecular complexity index is 1620. The highest BCUT2D eigenvalue weighted by atomic mass is 16.5. The highest BCUT2D eigenvalue weighted by molar-refractivity contribution is 5.96. The van der Waals surface area contributed by atoms with E-state index >= 15 is 0 Å². The second-order valence-electron chi connectivity index (χ2n) is 14.9. The standard InChI is InChI=1S/C43H66N6O8/c1-5-7-8-9-10-11-12-13-14-15-16-17-38(50)47-34(6-2)42(53)49(4)39-31-19-21-37(57-25-23-45)33(28-31)32-26-30(18-20-36(32)56-24-22-44)27-35(43(54)55)48-40(51)29(3)46-41(39)52/h18-21,26,28-29,34-35,39H,5-17,22-25,27,44-45H2,1-4H3,(H,46,52)(H,47,50)(H,48,51)(H,54,55)/t29-,34-,35-,39-/m0/s1. The Morgan fingerprint density at radius 3 is 1.95 bits per heavy atom. The zero-order chi connectivity index (χ0) is 41.7. The van der Waals surface area contributed by atoms with Crippen LogP contribution >= 0.6 is 0 Å². The van der Waals surface area contributed by atoms with Crippen molar-refractivity contribution < 1.29 is 38.6 Å². The molecule has 14 heteroatoms. The largest absolute Gasteiger partial charge is 0.492 e. The van der Waals surface area contributed by atoms with Crippen molar-refractivity contribution in [2.75, 3.05) is 33.4 Å². The number of rotatable bonds is 23. The van der Waals surface area contributed by atoms with Gasteiger partial charge in [-0.2, -0.15) is 0 Å². The predicted molar refractivity (Wildman–Crippen MR) is 221 cm³/mol. The number of carboxylic acid groups (broad SMARTS) is 1. The highest BCUT2D eigenvalue weighted by Gasteiger charge is 2.35. The van der Waals surface area contributed by atoms with E-state index in [4.69, 9.17) is 20.9 Å². The minimum absolute atomic E-state index is 0.0617. The lowest BCUT2D eigenvalue weighted by Gasteiger charge is -2.32. The molecular formula is C43H66N6O8. The molecule has 1 aliphatic heterocycles. The second kappa shape index (κ2) is 24.8. The van der Waals surface area contributed by atoms with Crippen molar-refractivity contribution in [3.8, 4) is 22.6 Å². The van der Waals surface area contributed by atoms with E-state index in [1.165, 1.54) is 63.8 Å². The molecule has 8 N–H and O–H groups in total. The summed E-state index contributed by atoms with van der Waals surface area (Å²) in [5, 5.41) is 18.2. The molecule has 0 saturated carbocycles. The lowest BCUT2D eigenvalue weighted by molar-refractivity contribution is -0.143. The molecule has 2 aromatic rings. The van der Waals surface area contributed by atoms with Crippen LogP contribution < -0.4 is 36.9 Å². The second-order valence-corrected chi connectivity index (χ2v) is 14.9. The average Bonchev–Trinajstić information content (AvgIpc) is 3.19. The van der Waals surface area contributed by atoms with E-state index < -0.39 is 47.9 Å². The van der Waals surface area contributed by atoms with Gasteiger partial charge in [-0.1, -0.05) is 90.2 Å². The van der Waals surface area contributed by atoms with Gasteiger partial charge in [0.05, 0.1) is 0 Å². The number of nitrogens with two attached hydrogens (primary N) is 2. The van der Waals surface area contributed by atoms with Gasteiger partial charge in [-0.25, -0.2) is 4.79 Å². The molecule has 316 valence electrons. The van der Waals surface area contributed by atoms with Gasteiger partial charge in [0.2, 0.25) is 23.6 Å². The summed E-state index contributed by atoms with van der Waals surface area (Å²) >= 11 is 0. The number of aliphatic carboxylic acids is 1. The first-order valence-electron chi connectivity index (χ1n) is 20.8. The molecule has 1 aliphatic rings. The van der Waals surface area contributed by atoms with E-state index in [9.17, 15) is 29.1 Å². The summed E-state index contributed by atoms with van der Waals surface area (Å²) in [7, 11) is 1.48. The molecule has 14 nitrogen and oxygen atoms in total. The van der Waals surface area contributed by atoms with Crippen molar-refractivity contribution in [3.63, 3.8) is 0 Å². The maximum atomic E-state index is 14.2. The van der Waals surface area contributed by atoms with Crippen LogP contribution in [-0.2, 0) is 30.4 Å². The summed E-state index contributed by atoms with van der Waals surface area (Å²) in [5.41, 5.74) is 13.6. The summed E-state index contributed by atoms with van der Waals surface area (Å²) < 4.78 is 12.1. The Hall–Kier alpha value is -4.69. The van der Waals surface area contributed by atoms with Crippen LogP contribution in [0, 0.1) is 0 Å². The molecule has 4 atom stereocenters. The van der Waals surface area contributed by atoms with Gasteiger partial charge in [0.1, 0.15) is 48.9 Å². The van der Waals surface area contributed by atoms with Crippen LogP contribution in [0.3, 0.4) is 0 Å². The maximum absolute atomic E-state index is 14.2. The number of nitrogens with one attached hydrogen (secondary N) is 3. The quantitative estimate of drug-likeness (QED) is 0.0849. The molecule has 0 saturated heterocycles. The molecule has 4 amide bonds. The molecule has 0 unspecified atom stereocenters. The van der Waals surface area contributed by atoms with Gasteiger partial charge in [-0.15, -0.1) is 0 Å². The van der Waals surface area contributed by atoms with E-state index in [0.717, 1.165) is 25.7 Å². The number of ether oxygens (including phenoxy) is 2. The zero-order valence-electron chi connectivity index (χ0n) is 34.4. The fourth-order valence-corrected chi connectivity index (χ4v) is 7.00. The summed E-state index contributed by atoms with van der Waals surface area (Å²) in [5.74, 6) is -2.54. The number of nitrogens with zero attached hydrogens (tertiary/aromatic N) is 1. The van der Waals surface area contributed by atoms with Crippen molar-refractivity contribution in [3.05, 3.63) is 47.5 Å². The van der Waals surface area contributed by atoms with Gasteiger partial charge in [0.15, 0.2) is 0 Å². The van der Waals surface area contributed by atoms with E-state index in [1.54, 1.807) is 43.3 Å². The van der Waals surface area contributed by atoms with Crippen LogP contribution in [0.2, 0.25) is 0 Å². The van der Waals surface area contributed by atoms with E-state index in [2.05, 4.69) is 22.9 Å². The van der Waals surface area contributed by atoms with Crippen molar-refractivity contribution in [2.24, 2.45) is 11.5 Å². The van der Waals surface area contributed by atoms with Crippen LogP contribution in [0.4, 0.5) is 0 Å². The van der Waals surface area contributed by atoms with Gasteiger partial charge in [0, 0.05) is 44.1 Å². The normalized spacial score (nSPS) is 17.4. The number of fused-ring (bicyclic) bond motifs is 5. The molecule has 3 rings (SSSR count). The Morgan fingerprint density at radius 2 is 1.39 bits per heavy atom. The Kier molecular flexibility index (Phi) is 20.3. The number of hydrogen-bond donors (Lipinski definition) is 6. The Balaban J connectivity index is 1.92. The third-order valence-corrected chi connectivity index (χ3v) is 10.2. The molecule has 0 fully saturated rings. The lowest BCUT2D eigenvalue weighted by Crippen LogP contribution is -2.54. The number of carboxylic acids is 1. The lowest BCUT2D eigenvalue weighted by atomic mass is 9.93. The number of likely N-dealkylation sites (N-methyl/N-ethyl adjacent to an activating group) is 1. The van der Waals surface area contributed by atoms with Crippen LogP contribution in [0.1, 0.15) is 121 Å². The van der Waals surface area contributed by atoms with E-state index in [-0.39, 0.29) is 45.1 Å². The molecule has 0 aromatic heterocycles. The number of hydrogen-bond acceptors (Lipinski definition) is 9. The number of benzene rings is 2. The van der Waals surface area contributed by atoms with Gasteiger partial charge >= 0.3 is 5.97 Å². The van der Waals surface area contributed by atoms with Crippen molar-refractivity contribution in [1.82, 2.24) is 20.9 Å². The smallest absolute Gasteiger partial charge is 0.326 e. The van der Waals surface area contributed by atoms with Crippen molar-refractivity contribution in [2.45, 2.75) is 135 Å². The number of unbranched alkanes of at least 4 members (excludes halogenated alkanes) is 10. The first-order chi connectivity index (χ1) is 27.4. The minimum atomic E-state index is -1.32. The predicted octanol–water partition coefficient (Wildman–Crippen LogP) is 4.75.